The number of aryl methyl sites for hydroxylation is 1. The van der Waals surface area contributed by atoms with Gasteiger partial charge >= 0.3 is 0 Å². The average molecular weight is 260 g/mol. The fraction of sp³-hybridized carbons (Fsp3) is 0.600. The van der Waals surface area contributed by atoms with E-state index < -0.39 is 0 Å². The highest BCUT2D eigenvalue weighted by Crippen LogP contribution is 2.10. The van der Waals surface area contributed by atoms with Gasteiger partial charge in [0, 0.05) is 23.4 Å². The van der Waals surface area contributed by atoms with E-state index in [4.69, 9.17) is 12.2 Å². The molecule has 0 atom stereocenters. The minimum absolute atomic E-state index is 0.744. The minimum atomic E-state index is 0.744. The SMILES string of the molecule is CCCSC(=S)N=c1sc(C)c(C)n1C. The number of aromatic nitrogens is 1. The first kappa shape index (κ1) is 12.9. The Labute approximate surface area is 104 Å². The number of rotatable bonds is 2. The van der Waals surface area contributed by atoms with Crippen molar-refractivity contribution in [2.45, 2.75) is 27.2 Å². The van der Waals surface area contributed by atoms with Gasteiger partial charge in [0.1, 0.15) is 0 Å². The van der Waals surface area contributed by atoms with Gasteiger partial charge in [-0.05, 0) is 20.3 Å². The number of hydrogen-bond acceptors (Lipinski definition) is 3. The summed E-state index contributed by atoms with van der Waals surface area (Å²) in [5, 5.41) is 0. The van der Waals surface area contributed by atoms with Crippen molar-refractivity contribution in [1.29, 1.82) is 0 Å². The van der Waals surface area contributed by atoms with E-state index in [1.165, 1.54) is 10.6 Å². The van der Waals surface area contributed by atoms with Crippen LogP contribution in [0.4, 0.5) is 0 Å². The molecule has 2 nitrogen and oxygen atoms in total. The summed E-state index contributed by atoms with van der Waals surface area (Å²) >= 11 is 8.55. The zero-order valence-electron chi connectivity index (χ0n) is 9.53. The first-order chi connectivity index (χ1) is 7.06. The number of thiazole rings is 1. The van der Waals surface area contributed by atoms with Gasteiger partial charge in [0.2, 0.25) is 0 Å². The van der Waals surface area contributed by atoms with E-state index in [-0.39, 0.29) is 0 Å². The van der Waals surface area contributed by atoms with Gasteiger partial charge in [0.25, 0.3) is 0 Å². The molecule has 15 heavy (non-hydrogen) atoms. The molecule has 0 saturated heterocycles. The minimum Gasteiger partial charge on any atom is -0.324 e. The van der Waals surface area contributed by atoms with Crippen molar-refractivity contribution in [3.8, 4) is 0 Å². The molecule has 1 aromatic heterocycles. The third-order valence-corrected chi connectivity index (χ3v) is 4.71. The molecule has 0 fully saturated rings. The molecule has 0 amide bonds. The molecule has 0 radical (unpaired) electrons. The van der Waals surface area contributed by atoms with Crippen LogP contribution in [0, 0.1) is 13.8 Å². The molecular formula is C10H16N2S3. The lowest BCUT2D eigenvalue weighted by atomic mass is 10.4. The van der Waals surface area contributed by atoms with Gasteiger partial charge in [0.05, 0.1) is 0 Å². The van der Waals surface area contributed by atoms with Crippen LogP contribution in [-0.2, 0) is 7.05 Å². The lowest BCUT2D eigenvalue weighted by molar-refractivity contribution is 0.834. The largest absolute Gasteiger partial charge is 0.324 e. The molecule has 0 aliphatic heterocycles. The second-order valence-electron chi connectivity index (χ2n) is 3.31. The van der Waals surface area contributed by atoms with Crippen LogP contribution in [0.15, 0.2) is 4.99 Å². The molecular weight excluding hydrogens is 244 g/mol. The van der Waals surface area contributed by atoms with Gasteiger partial charge in [-0.1, -0.05) is 30.9 Å². The van der Waals surface area contributed by atoms with E-state index in [9.17, 15) is 0 Å². The standard InChI is InChI=1S/C10H16N2S3/c1-5-6-14-10(13)11-9-12(4)7(2)8(3)15-9/h5-6H2,1-4H3. The highest BCUT2D eigenvalue weighted by atomic mass is 32.2. The van der Waals surface area contributed by atoms with Crippen molar-refractivity contribution in [2.75, 3.05) is 5.75 Å². The van der Waals surface area contributed by atoms with Gasteiger partial charge in [-0.25, -0.2) is 4.99 Å². The summed E-state index contributed by atoms with van der Waals surface area (Å²) in [7, 11) is 2.03. The molecule has 0 saturated carbocycles. The summed E-state index contributed by atoms with van der Waals surface area (Å²) in [6.45, 7) is 6.36. The molecule has 0 unspecified atom stereocenters. The van der Waals surface area contributed by atoms with E-state index in [0.717, 1.165) is 21.3 Å². The van der Waals surface area contributed by atoms with E-state index >= 15 is 0 Å². The summed E-state index contributed by atoms with van der Waals surface area (Å²) in [5.41, 5.74) is 1.27. The van der Waals surface area contributed by atoms with Gasteiger partial charge in [-0.2, -0.15) is 0 Å². The van der Waals surface area contributed by atoms with Crippen molar-refractivity contribution in [3.63, 3.8) is 0 Å². The van der Waals surface area contributed by atoms with Crippen LogP contribution < -0.4 is 4.80 Å². The molecule has 0 bridgehead atoms. The fourth-order valence-corrected chi connectivity index (χ4v) is 3.01. The topological polar surface area (TPSA) is 17.3 Å². The molecule has 0 aliphatic carbocycles. The predicted molar refractivity (Wildman–Crippen MR) is 73.7 cm³/mol. The number of thioether (sulfide) groups is 1. The Hall–Kier alpha value is -0.130. The monoisotopic (exact) mass is 260 g/mol. The van der Waals surface area contributed by atoms with Crippen molar-refractivity contribution in [2.24, 2.45) is 12.0 Å². The molecule has 0 aliphatic rings. The van der Waals surface area contributed by atoms with E-state index in [1.54, 1.807) is 23.1 Å². The molecule has 5 heteroatoms. The van der Waals surface area contributed by atoms with Crippen LogP contribution in [0.25, 0.3) is 0 Å². The van der Waals surface area contributed by atoms with Crippen LogP contribution in [-0.4, -0.2) is 14.6 Å². The Kier molecular flexibility index (Phi) is 5.02. The lowest BCUT2D eigenvalue weighted by Gasteiger charge is -1.96. The van der Waals surface area contributed by atoms with E-state index in [2.05, 4.69) is 30.3 Å². The lowest BCUT2D eigenvalue weighted by Crippen LogP contribution is -2.13. The van der Waals surface area contributed by atoms with Gasteiger partial charge in [-0.15, -0.1) is 11.3 Å². The number of nitrogens with zero attached hydrogens (tertiary/aromatic N) is 2. The molecule has 1 rings (SSSR count). The second-order valence-corrected chi connectivity index (χ2v) is 6.22. The first-order valence-corrected chi connectivity index (χ1v) is 7.11. The van der Waals surface area contributed by atoms with Crippen molar-refractivity contribution in [3.05, 3.63) is 15.4 Å². The van der Waals surface area contributed by atoms with Gasteiger partial charge in [-0.3, -0.25) is 0 Å². The van der Waals surface area contributed by atoms with Crippen LogP contribution in [0.5, 0.6) is 0 Å². The summed E-state index contributed by atoms with van der Waals surface area (Å²) in [5.74, 6) is 1.05. The molecule has 0 N–H and O–H groups in total. The molecule has 0 aromatic carbocycles. The zero-order valence-corrected chi connectivity index (χ0v) is 12.0. The number of thiocarbonyl (C=S) groups is 1. The summed E-state index contributed by atoms with van der Waals surface area (Å²) in [6.07, 6.45) is 1.13. The summed E-state index contributed by atoms with van der Waals surface area (Å²) < 4.78 is 2.84. The van der Waals surface area contributed by atoms with Crippen LogP contribution in [0.2, 0.25) is 0 Å². The van der Waals surface area contributed by atoms with Gasteiger partial charge < -0.3 is 4.57 Å². The second kappa shape index (κ2) is 5.82. The van der Waals surface area contributed by atoms with Crippen LogP contribution in [0.3, 0.4) is 0 Å². The third-order valence-electron chi connectivity index (χ3n) is 2.16. The van der Waals surface area contributed by atoms with Crippen LogP contribution >= 0.6 is 35.3 Å². The van der Waals surface area contributed by atoms with Crippen LogP contribution in [0.1, 0.15) is 23.9 Å². The molecule has 1 aromatic rings. The zero-order chi connectivity index (χ0) is 11.4. The summed E-state index contributed by atoms with van der Waals surface area (Å²) in [4.78, 5) is 6.76. The smallest absolute Gasteiger partial charge is 0.191 e. The number of hydrogen-bond donors (Lipinski definition) is 0. The Morgan fingerprint density at radius 3 is 2.67 bits per heavy atom. The average Bonchev–Trinajstić information content (AvgIpc) is 2.43. The Morgan fingerprint density at radius 2 is 2.20 bits per heavy atom. The molecule has 1 heterocycles. The highest BCUT2D eigenvalue weighted by Gasteiger charge is 2.02. The first-order valence-electron chi connectivity index (χ1n) is 4.90. The Bertz CT molecular complexity index is 415. The van der Waals surface area contributed by atoms with Crippen molar-refractivity contribution >= 4 is 39.6 Å². The predicted octanol–water partition coefficient (Wildman–Crippen LogP) is 3.03. The Balaban J connectivity index is 2.90. The van der Waals surface area contributed by atoms with Crippen molar-refractivity contribution < 1.29 is 0 Å². The summed E-state index contributed by atoms with van der Waals surface area (Å²) in [6, 6.07) is 0. The quantitative estimate of drug-likeness (QED) is 0.761. The van der Waals surface area contributed by atoms with E-state index in [0.29, 0.717) is 0 Å². The maximum Gasteiger partial charge on any atom is 0.191 e. The van der Waals surface area contributed by atoms with Gasteiger partial charge in [0.15, 0.2) is 9.12 Å². The third kappa shape index (κ3) is 3.43. The van der Waals surface area contributed by atoms with E-state index in [1.807, 2.05) is 7.05 Å². The normalized spacial score (nSPS) is 12.1. The Morgan fingerprint density at radius 1 is 1.53 bits per heavy atom. The maximum atomic E-state index is 5.20. The fourth-order valence-electron chi connectivity index (χ4n) is 1.06. The molecule has 0 spiro atoms. The maximum absolute atomic E-state index is 5.20. The molecule has 84 valence electrons. The highest BCUT2D eigenvalue weighted by molar-refractivity contribution is 8.23. The van der Waals surface area contributed by atoms with Crippen molar-refractivity contribution in [1.82, 2.24) is 4.57 Å².